The van der Waals surface area contributed by atoms with Crippen molar-refractivity contribution in [1.29, 1.82) is 0 Å². The summed E-state index contributed by atoms with van der Waals surface area (Å²) in [4.78, 5) is 12.7. The van der Waals surface area contributed by atoms with Crippen LogP contribution >= 0.6 is 0 Å². The van der Waals surface area contributed by atoms with Gasteiger partial charge in [-0.25, -0.2) is 0 Å². The van der Waals surface area contributed by atoms with E-state index in [-0.39, 0.29) is 42.3 Å². The summed E-state index contributed by atoms with van der Waals surface area (Å²) in [6, 6.07) is 10.9. The topological polar surface area (TPSA) is 177 Å². The molecule has 6 atom stereocenters. The van der Waals surface area contributed by atoms with Gasteiger partial charge in [-0.1, -0.05) is 18.2 Å². The maximum Gasteiger partial charge on any atom is 0.186 e. The zero-order valence-electron chi connectivity index (χ0n) is 19.1. The first kappa shape index (κ1) is 26.9. The van der Waals surface area contributed by atoms with Crippen LogP contribution in [0.15, 0.2) is 42.5 Å². The Morgan fingerprint density at radius 3 is 2.23 bits per heavy atom. The van der Waals surface area contributed by atoms with E-state index in [1.807, 2.05) is 0 Å². The zero-order chi connectivity index (χ0) is 25.5. The lowest BCUT2D eigenvalue weighted by molar-refractivity contribution is -0.311. The summed E-state index contributed by atoms with van der Waals surface area (Å²) in [5, 5.41) is 68.4. The molecule has 3 rings (SSSR count). The van der Waals surface area contributed by atoms with Crippen LogP contribution in [0.4, 0.5) is 0 Å². The molecular weight excluding hydrogens is 460 g/mol. The molecule has 1 aliphatic rings. The van der Waals surface area contributed by atoms with Gasteiger partial charge in [0, 0.05) is 12.8 Å². The van der Waals surface area contributed by atoms with Crippen LogP contribution in [-0.4, -0.2) is 84.9 Å². The lowest BCUT2D eigenvalue weighted by Crippen LogP contribution is -2.59. The molecule has 0 saturated carbocycles. The highest BCUT2D eigenvalue weighted by Gasteiger charge is 2.44. The highest BCUT2D eigenvalue weighted by molar-refractivity contribution is 5.79. The van der Waals surface area contributed by atoms with Gasteiger partial charge in [0.2, 0.25) is 0 Å². The quantitative estimate of drug-likeness (QED) is 0.219. The predicted molar refractivity (Wildman–Crippen MR) is 123 cm³/mol. The zero-order valence-corrected chi connectivity index (χ0v) is 19.1. The molecule has 35 heavy (non-hydrogen) atoms. The second-order valence-corrected chi connectivity index (χ2v) is 8.73. The Balaban J connectivity index is 1.67. The van der Waals surface area contributed by atoms with Crippen molar-refractivity contribution in [3.63, 3.8) is 0 Å². The monoisotopic (exact) mass is 492 g/mol. The number of rotatable bonds is 11. The van der Waals surface area contributed by atoms with Gasteiger partial charge in [-0.05, 0) is 54.7 Å². The third kappa shape index (κ3) is 7.38. The number of aliphatic hydroxyl groups is 4. The lowest BCUT2D eigenvalue weighted by Gasteiger charge is -2.40. The van der Waals surface area contributed by atoms with E-state index < -0.39 is 43.4 Å². The number of aromatic hydroxyl groups is 3. The molecule has 0 amide bonds. The molecule has 10 heteroatoms. The van der Waals surface area contributed by atoms with Crippen LogP contribution in [-0.2, 0) is 27.1 Å². The number of aliphatic hydroxyl groups excluding tert-OH is 4. The molecule has 1 heterocycles. The molecule has 1 saturated heterocycles. The number of carbonyl (C=O) groups is 1. The molecule has 1 fully saturated rings. The van der Waals surface area contributed by atoms with Gasteiger partial charge in [0.25, 0.3) is 0 Å². The van der Waals surface area contributed by atoms with Crippen LogP contribution in [0.3, 0.4) is 0 Å². The van der Waals surface area contributed by atoms with Crippen LogP contribution in [0.25, 0.3) is 0 Å². The fraction of sp³-hybridized carbons (Fsp3) is 0.480. The first-order valence-electron chi connectivity index (χ1n) is 11.4. The van der Waals surface area contributed by atoms with E-state index in [1.165, 1.54) is 24.3 Å². The Morgan fingerprint density at radius 2 is 1.57 bits per heavy atom. The standard InChI is InChI=1S/C25H32O10/c26-13-21-22(31)23(32)24(33)25(35-21)34-18(9-4-15-5-10-19(29)20(30)11-15)12-17(28)8-3-14-1-6-16(27)7-2-14/h1-2,5-7,10-11,18,21-27,29-33H,3-4,8-9,12-13H2. The number of carbonyl (C=O) groups excluding carboxylic acids is 1. The number of ether oxygens (including phenoxy) is 2. The van der Waals surface area contributed by atoms with Crippen LogP contribution in [0, 0.1) is 0 Å². The van der Waals surface area contributed by atoms with E-state index in [2.05, 4.69) is 0 Å². The molecule has 2 aromatic carbocycles. The van der Waals surface area contributed by atoms with Gasteiger partial charge in [0.15, 0.2) is 17.8 Å². The average molecular weight is 493 g/mol. The highest BCUT2D eigenvalue weighted by atomic mass is 16.7. The van der Waals surface area contributed by atoms with Gasteiger partial charge in [0.05, 0.1) is 12.7 Å². The van der Waals surface area contributed by atoms with Gasteiger partial charge in [-0.2, -0.15) is 0 Å². The largest absolute Gasteiger partial charge is 0.508 e. The first-order valence-corrected chi connectivity index (χ1v) is 11.4. The van der Waals surface area contributed by atoms with Gasteiger partial charge >= 0.3 is 0 Å². The minimum atomic E-state index is -1.61. The molecule has 6 unspecified atom stereocenters. The minimum Gasteiger partial charge on any atom is -0.508 e. The van der Waals surface area contributed by atoms with E-state index in [0.29, 0.717) is 18.4 Å². The summed E-state index contributed by atoms with van der Waals surface area (Å²) in [6.07, 6.45) is -6.72. The molecule has 0 bridgehead atoms. The number of hydrogen-bond donors (Lipinski definition) is 7. The van der Waals surface area contributed by atoms with E-state index in [1.54, 1.807) is 18.2 Å². The highest BCUT2D eigenvalue weighted by Crippen LogP contribution is 2.28. The maximum absolute atomic E-state index is 12.7. The molecule has 2 aromatic rings. The van der Waals surface area contributed by atoms with Gasteiger partial charge in [0.1, 0.15) is 35.9 Å². The number of phenols is 3. The van der Waals surface area contributed by atoms with Crippen molar-refractivity contribution >= 4 is 5.78 Å². The third-order valence-electron chi connectivity index (χ3n) is 6.05. The number of Topliss-reactive ketones (excluding diaryl/α,β-unsaturated/α-hetero) is 1. The normalized spacial score (nSPS) is 25.3. The van der Waals surface area contributed by atoms with Gasteiger partial charge in [-0.15, -0.1) is 0 Å². The molecule has 0 spiro atoms. The van der Waals surface area contributed by atoms with Crippen molar-refractivity contribution in [2.75, 3.05) is 6.61 Å². The smallest absolute Gasteiger partial charge is 0.186 e. The summed E-state index contributed by atoms with van der Waals surface area (Å²) < 4.78 is 11.3. The summed E-state index contributed by atoms with van der Waals surface area (Å²) >= 11 is 0. The van der Waals surface area contributed by atoms with E-state index in [4.69, 9.17) is 9.47 Å². The summed E-state index contributed by atoms with van der Waals surface area (Å²) in [6.45, 7) is -0.603. The van der Waals surface area contributed by atoms with Crippen LogP contribution in [0.2, 0.25) is 0 Å². The number of ketones is 1. The molecule has 10 nitrogen and oxygen atoms in total. The fourth-order valence-corrected chi connectivity index (χ4v) is 3.94. The molecule has 0 aliphatic carbocycles. The number of hydrogen-bond acceptors (Lipinski definition) is 10. The summed E-state index contributed by atoms with van der Waals surface area (Å²) in [5.41, 5.74) is 1.56. The van der Waals surface area contributed by atoms with Gasteiger partial charge in [-0.3, -0.25) is 4.79 Å². The lowest BCUT2D eigenvalue weighted by atomic mass is 9.98. The predicted octanol–water partition coefficient (Wildman–Crippen LogP) is 0.513. The molecule has 1 aliphatic heterocycles. The van der Waals surface area contributed by atoms with Crippen molar-refractivity contribution in [3.8, 4) is 17.2 Å². The maximum atomic E-state index is 12.7. The number of aryl methyl sites for hydroxylation is 2. The molecule has 0 radical (unpaired) electrons. The molecule has 192 valence electrons. The second-order valence-electron chi connectivity index (χ2n) is 8.73. The van der Waals surface area contributed by atoms with E-state index in [9.17, 15) is 40.5 Å². The molecular formula is C25H32O10. The van der Waals surface area contributed by atoms with E-state index >= 15 is 0 Å². The van der Waals surface area contributed by atoms with Gasteiger partial charge < -0.3 is 45.2 Å². The first-order chi connectivity index (χ1) is 16.7. The fourth-order valence-electron chi connectivity index (χ4n) is 3.94. The second kappa shape index (κ2) is 12.3. The van der Waals surface area contributed by atoms with Crippen molar-refractivity contribution in [3.05, 3.63) is 53.6 Å². The Bertz CT molecular complexity index is 961. The van der Waals surface area contributed by atoms with Crippen molar-refractivity contribution in [2.45, 2.75) is 68.9 Å². The summed E-state index contributed by atoms with van der Waals surface area (Å²) in [7, 11) is 0. The third-order valence-corrected chi connectivity index (χ3v) is 6.05. The summed E-state index contributed by atoms with van der Waals surface area (Å²) in [5.74, 6) is -0.527. The van der Waals surface area contributed by atoms with Crippen LogP contribution in [0.1, 0.15) is 30.4 Å². The molecule has 7 N–H and O–H groups in total. The Hall–Kier alpha value is -2.73. The SMILES string of the molecule is O=C(CCc1ccc(O)cc1)CC(CCc1ccc(O)c(O)c1)OC1OC(CO)C(O)C(O)C1O. The average Bonchev–Trinajstić information content (AvgIpc) is 2.84. The number of benzene rings is 2. The van der Waals surface area contributed by atoms with Crippen molar-refractivity contribution in [1.82, 2.24) is 0 Å². The Labute approximate surface area is 202 Å². The molecule has 0 aromatic heterocycles. The Morgan fingerprint density at radius 1 is 0.886 bits per heavy atom. The number of phenolic OH excluding ortho intramolecular Hbond substituents is 3. The van der Waals surface area contributed by atoms with Crippen LogP contribution < -0.4 is 0 Å². The van der Waals surface area contributed by atoms with Crippen molar-refractivity contribution in [2.24, 2.45) is 0 Å². The van der Waals surface area contributed by atoms with Crippen LogP contribution in [0.5, 0.6) is 17.2 Å². The Kier molecular flexibility index (Phi) is 9.44. The van der Waals surface area contributed by atoms with E-state index in [0.717, 1.165) is 5.56 Å². The minimum absolute atomic E-state index is 0.0306. The van der Waals surface area contributed by atoms with Crippen molar-refractivity contribution < 1.29 is 50.0 Å².